The van der Waals surface area contributed by atoms with Gasteiger partial charge in [-0.15, -0.1) is 23.1 Å². The van der Waals surface area contributed by atoms with Crippen molar-refractivity contribution >= 4 is 45.0 Å². The van der Waals surface area contributed by atoms with Crippen molar-refractivity contribution in [2.24, 2.45) is 11.1 Å². The van der Waals surface area contributed by atoms with Crippen LogP contribution in [-0.4, -0.2) is 36.8 Å². The first-order valence-corrected chi connectivity index (χ1v) is 13.7. The van der Waals surface area contributed by atoms with Crippen molar-refractivity contribution < 1.29 is 17.4 Å². The topological polar surface area (TPSA) is 124 Å². The maximum Gasteiger partial charge on any atom is 0.333 e. The van der Waals surface area contributed by atoms with E-state index in [1.165, 1.54) is 28.8 Å². The number of carbonyl (C=O) groups excluding carboxylic acids is 1. The number of thioether (sulfide) groups is 1. The molecule has 174 valence electrons. The van der Waals surface area contributed by atoms with E-state index in [0.717, 1.165) is 24.2 Å². The molecule has 8 nitrogen and oxygen atoms in total. The fraction of sp³-hybridized carbons (Fsp3) is 0.318. The highest BCUT2D eigenvalue weighted by Gasteiger charge is 2.27. The second kappa shape index (κ2) is 10.7. The minimum atomic E-state index is -3.94. The van der Waals surface area contributed by atoms with E-state index in [2.05, 4.69) is 27.4 Å². The first-order valence-electron chi connectivity index (χ1n) is 10.4. The summed E-state index contributed by atoms with van der Waals surface area (Å²) < 4.78 is 26.8. The van der Waals surface area contributed by atoms with Crippen LogP contribution in [0, 0.1) is 5.92 Å². The third-order valence-corrected chi connectivity index (χ3v) is 7.86. The smallest absolute Gasteiger partial charge is 0.333 e. The molecule has 3 aromatic rings. The number of anilines is 1. The molecule has 0 saturated heterocycles. The molecule has 1 aromatic carbocycles. The quantitative estimate of drug-likeness (QED) is 0.315. The van der Waals surface area contributed by atoms with Gasteiger partial charge in [-0.3, -0.25) is 8.98 Å². The monoisotopic (exact) mass is 504 g/mol. The van der Waals surface area contributed by atoms with E-state index in [0.29, 0.717) is 22.7 Å². The van der Waals surface area contributed by atoms with Crippen molar-refractivity contribution in [3.05, 3.63) is 70.3 Å². The molecule has 0 bridgehead atoms. The van der Waals surface area contributed by atoms with Crippen molar-refractivity contribution in [1.29, 1.82) is 0 Å². The summed E-state index contributed by atoms with van der Waals surface area (Å²) >= 11 is 3.14. The SMILES string of the molecule is NS(=O)(=O)OC[C@@H]1CC[C@H](Nc2ncncc2C(=O)c2cc(CSc3ccccc3)cs2)C1. The van der Waals surface area contributed by atoms with Gasteiger partial charge in [-0.05, 0) is 54.3 Å². The highest BCUT2D eigenvalue weighted by atomic mass is 32.2. The first kappa shape index (κ1) is 23.8. The summed E-state index contributed by atoms with van der Waals surface area (Å²) in [5.41, 5.74) is 1.52. The van der Waals surface area contributed by atoms with Crippen molar-refractivity contribution in [1.82, 2.24) is 9.97 Å². The standard InChI is InChI=1S/C22H24N4O4S3/c23-33(28,29)30-11-15-6-7-17(8-15)26-22-19(10-24-14-25-22)21(27)20-9-16(13-32-20)12-31-18-4-2-1-3-5-18/h1-5,9-10,13-15,17H,6-8,11-12H2,(H2,23,28,29)(H,24,25,26)/t15-,17+/m1/s1. The van der Waals surface area contributed by atoms with Crippen LogP contribution in [0.5, 0.6) is 0 Å². The van der Waals surface area contributed by atoms with Crippen LogP contribution in [-0.2, 0) is 20.2 Å². The van der Waals surface area contributed by atoms with Gasteiger partial charge in [0.05, 0.1) is 17.0 Å². The van der Waals surface area contributed by atoms with Gasteiger partial charge >= 0.3 is 10.3 Å². The Hall–Kier alpha value is -2.31. The number of nitrogens with two attached hydrogens (primary N) is 1. The second-order valence-corrected chi connectivity index (χ2v) is 11.0. The number of benzene rings is 1. The molecule has 2 heterocycles. The predicted octanol–water partition coefficient (Wildman–Crippen LogP) is 3.86. The molecule has 1 fully saturated rings. The molecule has 0 amide bonds. The van der Waals surface area contributed by atoms with Crippen LogP contribution in [0.25, 0.3) is 0 Å². The largest absolute Gasteiger partial charge is 0.367 e. The molecule has 33 heavy (non-hydrogen) atoms. The zero-order valence-corrected chi connectivity index (χ0v) is 20.2. The normalized spacial score (nSPS) is 18.3. The van der Waals surface area contributed by atoms with Crippen LogP contribution < -0.4 is 10.5 Å². The molecule has 0 radical (unpaired) electrons. The van der Waals surface area contributed by atoms with Crippen molar-refractivity contribution in [2.45, 2.75) is 36.0 Å². The summed E-state index contributed by atoms with van der Waals surface area (Å²) in [6.45, 7) is 0.0611. The number of ketones is 1. The van der Waals surface area contributed by atoms with Crippen LogP contribution in [0.3, 0.4) is 0 Å². The third kappa shape index (κ3) is 6.84. The minimum absolute atomic E-state index is 0.0571. The van der Waals surface area contributed by atoms with E-state index in [4.69, 9.17) is 9.32 Å². The summed E-state index contributed by atoms with van der Waals surface area (Å²) in [6.07, 6.45) is 5.26. The first-order chi connectivity index (χ1) is 15.9. The fourth-order valence-corrected chi connectivity index (χ4v) is 5.94. The lowest BCUT2D eigenvalue weighted by atomic mass is 10.1. The van der Waals surface area contributed by atoms with Crippen LogP contribution in [0.4, 0.5) is 5.82 Å². The zero-order valence-electron chi connectivity index (χ0n) is 17.7. The minimum Gasteiger partial charge on any atom is -0.367 e. The lowest BCUT2D eigenvalue weighted by Crippen LogP contribution is -2.22. The molecule has 4 rings (SSSR count). The predicted molar refractivity (Wildman–Crippen MR) is 130 cm³/mol. The number of carbonyl (C=O) groups is 1. The molecule has 1 aliphatic rings. The lowest BCUT2D eigenvalue weighted by molar-refractivity contribution is 0.104. The van der Waals surface area contributed by atoms with Gasteiger partial charge in [0.2, 0.25) is 5.78 Å². The molecule has 0 spiro atoms. The van der Waals surface area contributed by atoms with E-state index in [-0.39, 0.29) is 24.3 Å². The number of aromatic nitrogens is 2. The van der Waals surface area contributed by atoms with E-state index in [1.54, 1.807) is 11.8 Å². The molecule has 2 atom stereocenters. The van der Waals surface area contributed by atoms with Crippen LogP contribution in [0.1, 0.15) is 40.1 Å². The van der Waals surface area contributed by atoms with Gasteiger partial charge in [0, 0.05) is 22.9 Å². The van der Waals surface area contributed by atoms with Gasteiger partial charge in [-0.2, -0.15) is 8.42 Å². The van der Waals surface area contributed by atoms with E-state index in [9.17, 15) is 13.2 Å². The Balaban J connectivity index is 1.38. The molecule has 0 aliphatic heterocycles. The van der Waals surface area contributed by atoms with Gasteiger partial charge in [0.25, 0.3) is 0 Å². The Kier molecular flexibility index (Phi) is 7.76. The Bertz CT molecular complexity index is 1200. The van der Waals surface area contributed by atoms with Gasteiger partial charge < -0.3 is 5.32 Å². The van der Waals surface area contributed by atoms with E-state index >= 15 is 0 Å². The van der Waals surface area contributed by atoms with Gasteiger partial charge in [-0.1, -0.05) is 18.2 Å². The Morgan fingerprint density at radius 1 is 1.27 bits per heavy atom. The average molecular weight is 505 g/mol. The van der Waals surface area contributed by atoms with Gasteiger partial charge in [0.1, 0.15) is 12.1 Å². The highest BCUT2D eigenvalue weighted by Crippen LogP contribution is 2.31. The number of nitrogens with zero attached hydrogens (tertiary/aromatic N) is 2. The van der Waals surface area contributed by atoms with Crippen LogP contribution in [0.2, 0.25) is 0 Å². The molecule has 11 heteroatoms. The van der Waals surface area contributed by atoms with E-state index in [1.807, 2.05) is 29.6 Å². The molecule has 1 aliphatic carbocycles. The molecular weight excluding hydrogens is 480 g/mol. The molecule has 3 N–H and O–H groups in total. The third-order valence-electron chi connectivity index (χ3n) is 5.33. The second-order valence-electron chi connectivity index (χ2n) is 7.83. The zero-order chi connectivity index (χ0) is 23.3. The summed E-state index contributed by atoms with van der Waals surface area (Å²) in [5.74, 6) is 1.23. The maximum atomic E-state index is 13.2. The summed E-state index contributed by atoms with van der Waals surface area (Å²) in [5, 5.41) is 10.3. The Morgan fingerprint density at radius 3 is 2.88 bits per heavy atom. The molecule has 2 aromatic heterocycles. The average Bonchev–Trinajstić information content (AvgIpc) is 3.46. The number of nitrogens with one attached hydrogen (secondary N) is 1. The lowest BCUT2D eigenvalue weighted by Gasteiger charge is -2.15. The molecule has 0 unspecified atom stereocenters. The van der Waals surface area contributed by atoms with Gasteiger partial charge in [-0.25, -0.2) is 15.1 Å². The number of thiophene rings is 1. The summed E-state index contributed by atoms with van der Waals surface area (Å²) in [4.78, 5) is 23.4. The van der Waals surface area contributed by atoms with Crippen molar-refractivity contribution in [3.63, 3.8) is 0 Å². The van der Waals surface area contributed by atoms with Crippen molar-refractivity contribution in [2.75, 3.05) is 11.9 Å². The fourth-order valence-electron chi connectivity index (χ4n) is 3.74. The summed E-state index contributed by atoms with van der Waals surface area (Å²) in [6, 6.07) is 12.1. The van der Waals surface area contributed by atoms with Crippen LogP contribution >= 0.6 is 23.1 Å². The molecule has 1 saturated carbocycles. The number of hydrogen-bond donors (Lipinski definition) is 2. The highest BCUT2D eigenvalue weighted by molar-refractivity contribution is 7.98. The Labute approximate surface area is 201 Å². The number of hydrogen-bond acceptors (Lipinski definition) is 9. The molecular formula is C22H24N4O4S3. The van der Waals surface area contributed by atoms with Gasteiger partial charge in [0.15, 0.2) is 0 Å². The van der Waals surface area contributed by atoms with E-state index < -0.39 is 10.3 Å². The Morgan fingerprint density at radius 2 is 2.09 bits per heavy atom. The summed E-state index contributed by atoms with van der Waals surface area (Å²) in [7, 11) is -3.94. The van der Waals surface area contributed by atoms with Crippen molar-refractivity contribution in [3.8, 4) is 0 Å². The van der Waals surface area contributed by atoms with Crippen LogP contribution in [0.15, 0.2) is 59.2 Å². The number of rotatable bonds is 10. The maximum absolute atomic E-state index is 13.2.